The molecule has 0 radical (unpaired) electrons. The van der Waals surface area contributed by atoms with Crippen LogP contribution in [0.25, 0.3) is 121 Å². The molecule has 6 nitrogen and oxygen atoms in total. The number of benzene rings is 10. The van der Waals surface area contributed by atoms with Crippen molar-refractivity contribution in [1.82, 2.24) is 4.98 Å². The smallest absolute Gasteiger partial charge is 0.220 e. The summed E-state index contributed by atoms with van der Waals surface area (Å²) in [5, 5.41) is 9.20. The van der Waals surface area contributed by atoms with Crippen LogP contribution in [0.5, 0.6) is 0 Å². The molecule has 0 aliphatic rings. The quantitative estimate of drug-likeness (QED) is 0.140. The third-order valence-electron chi connectivity index (χ3n) is 22.2. The SMILES string of the molecule is [2H]c1c(C)[n+](C)c(-c2cc(-c3cccnc3)ccc2C)c2cc(C)ccc12.[2H]c1c([2H])[n+](C)c(-c2cc(C([2H])(C)C([2H])([2H])[2H])cc(C)c2C)c2cc(C)ccc12.[2H]c1c([2H])[n+](C)c(-c2cc(C([2H])(C)C)cc(C)c2C)c2cc(C)ccc12.[2H]c1c([2H])[n+](C)c(-c2cc(C)cc(C)c2C)c2cc(C)ccc12.[2H]c1cc([2H])c(C)c(-c2c3cc(C)ccc3c([2H])c(C)[n+]2C)c1. The number of pyridine rings is 6. The lowest BCUT2D eigenvalue weighted by atomic mass is 9.90. The van der Waals surface area contributed by atoms with E-state index in [0.717, 1.165) is 177 Å². The zero-order valence-electron chi connectivity index (χ0n) is 85.5. The maximum atomic E-state index is 8.56. The minimum atomic E-state index is -2.47. The van der Waals surface area contributed by atoms with Crippen molar-refractivity contribution in [3.63, 3.8) is 0 Å². The second kappa shape index (κ2) is 34.2. The standard InChI is InChI=1S/C24H23N2.2C22H26N.C20H22N.C19H20N/c1-16-7-9-20-13-18(3)26(4)24(23(20)12-16)22-14-19(10-8-17(22)2)21-6-5-11-25-15-21;2*1-14(2)19-12-16(4)17(5)20(13-19)22-21-11-15(3)7-8-18(21)9-10-23(22)6;1-13-6-7-17-8-9-21(5)20(19(17)11-13)18-12-14(2)10-15(3)16(18)4;1-13-9-10-16-12-15(3)20(4)19(18(16)11-13)17-8-6-5-7-14(17)2/h5-15H,1-4H3;2*7-14H,1-6H3;6-12H,1-5H3;5-12H,1-4H3/q5*+1/i13D;1D3,9D,10D,14D;9D,10D,14D;8D,9D;6D,7D,12D. The third-order valence-corrected chi connectivity index (χ3v) is 22.2. The Morgan fingerprint density at radius 2 is 0.726 bits per heavy atom. The van der Waals surface area contributed by atoms with E-state index in [1.807, 2.05) is 172 Å². The highest BCUT2D eigenvalue weighted by Crippen LogP contribution is 2.38. The Morgan fingerprint density at radius 3 is 1.14 bits per heavy atom. The lowest BCUT2D eigenvalue weighted by molar-refractivity contribution is -0.665. The molecule has 0 amide bonds. The van der Waals surface area contributed by atoms with E-state index in [-0.39, 0.29) is 36.6 Å². The van der Waals surface area contributed by atoms with Crippen LogP contribution in [0.4, 0.5) is 0 Å². The monoisotopic (exact) mass is 1500 g/mol. The van der Waals surface area contributed by atoms with E-state index in [1.54, 1.807) is 40.6 Å². The summed E-state index contributed by atoms with van der Waals surface area (Å²) < 4.78 is 133. The molecule has 0 saturated heterocycles. The number of rotatable bonds is 8. The molecule has 0 saturated carbocycles. The fourth-order valence-corrected chi connectivity index (χ4v) is 15.1. The summed E-state index contributed by atoms with van der Waals surface area (Å²) in [4.78, 5) is 4.26. The van der Waals surface area contributed by atoms with E-state index >= 15 is 0 Å². The van der Waals surface area contributed by atoms with Gasteiger partial charge in [-0.15, -0.1) is 0 Å². The van der Waals surface area contributed by atoms with E-state index in [9.17, 15) is 0 Å². The molecule has 16 rings (SSSR count). The van der Waals surface area contributed by atoms with Gasteiger partial charge in [0.2, 0.25) is 28.5 Å². The van der Waals surface area contributed by atoms with Gasteiger partial charge in [0.05, 0.1) is 58.8 Å². The Balaban J connectivity index is 0.000000146. The van der Waals surface area contributed by atoms with Crippen molar-refractivity contribution in [2.75, 3.05) is 0 Å². The van der Waals surface area contributed by atoms with Crippen molar-refractivity contribution >= 4 is 53.9 Å². The van der Waals surface area contributed by atoms with E-state index in [0.29, 0.717) is 35.1 Å². The molecule has 0 fully saturated rings. The molecule has 0 bridgehead atoms. The maximum Gasteiger partial charge on any atom is 0.220 e. The Bertz CT molecular complexity index is 7030. The van der Waals surface area contributed by atoms with Crippen molar-refractivity contribution in [1.29, 1.82) is 0 Å². The number of hydrogen-bond acceptors (Lipinski definition) is 1. The fourth-order valence-electron chi connectivity index (χ4n) is 15.1. The number of aryl methyl sites for hydroxylation is 10. The highest BCUT2D eigenvalue weighted by Gasteiger charge is 2.26. The lowest BCUT2D eigenvalue weighted by Gasteiger charge is -2.14. The van der Waals surface area contributed by atoms with Gasteiger partial charge in [0.25, 0.3) is 0 Å². The maximum absolute atomic E-state index is 8.56. The van der Waals surface area contributed by atoms with E-state index in [4.69, 9.17) is 20.6 Å². The summed E-state index contributed by atoms with van der Waals surface area (Å²) in [6.07, 6.45) is 4.22. The van der Waals surface area contributed by atoms with Crippen LogP contribution < -0.4 is 22.8 Å². The molecular formula is C107H117N6+5. The highest BCUT2D eigenvalue weighted by atomic mass is 15.0. The van der Waals surface area contributed by atoms with Gasteiger partial charge in [-0.1, -0.05) is 176 Å². The predicted octanol–water partition coefficient (Wildman–Crippen LogP) is 24.9. The van der Waals surface area contributed by atoms with Gasteiger partial charge in [0, 0.05) is 74.4 Å². The Morgan fingerprint density at radius 1 is 0.327 bits per heavy atom. The molecule has 10 aromatic carbocycles. The van der Waals surface area contributed by atoms with Crippen molar-refractivity contribution in [2.45, 2.75) is 150 Å². The summed E-state index contributed by atoms with van der Waals surface area (Å²) in [5.74, 6) is -2.46. The van der Waals surface area contributed by atoms with Crippen molar-refractivity contribution in [3.05, 3.63) is 343 Å². The van der Waals surface area contributed by atoms with Crippen LogP contribution in [0.15, 0.2) is 243 Å². The van der Waals surface area contributed by atoms with Crippen LogP contribution in [-0.4, -0.2) is 4.98 Å². The van der Waals surface area contributed by atoms with Gasteiger partial charge < -0.3 is 0 Å². The van der Waals surface area contributed by atoms with Crippen LogP contribution in [0.3, 0.4) is 0 Å². The van der Waals surface area contributed by atoms with Crippen LogP contribution in [0, 0.1) is 111 Å². The molecule has 1 atom stereocenters. The number of fused-ring (bicyclic) bond motifs is 5. The minimum Gasteiger partial charge on any atom is -0.264 e. The molecule has 16 aromatic rings. The second-order valence-electron chi connectivity index (χ2n) is 31.1. The summed E-state index contributed by atoms with van der Waals surface area (Å²) in [7, 11) is 9.49. The molecule has 1 unspecified atom stereocenters. The zero-order valence-corrected chi connectivity index (χ0v) is 70.5. The summed E-state index contributed by atoms with van der Waals surface area (Å²) in [6, 6.07) is 58.9. The lowest BCUT2D eigenvalue weighted by Crippen LogP contribution is -2.35. The molecule has 0 aliphatic carbocycles. The molecule has 0 aliphatic heterocycles. The van der Waals surface area contributed by atoms with Gasteiger partial charge in [0.1, 0.15) is 39.4 Å². The van der Waals surface area contributed by atoms with Gasteiger partial charge in [-0.25, -0.2) is 13.7 Å². The van der Waals surface area contributed by atoms with Crippen molar-refractivity contribution < 1.29 is 43.4 Å². The Labute approximate surface area is 695 Å². The predicted molar refractivity (Wildman–Crippen MR) is 480 cm³/mol. The zero-order chi connectivity index (χ0) is 94.2. The van der Waals surface area contributed by atoms with Crippen LogP contribution in [-0.2, 0) is 35.2 Å². The van der Waals surface area contributed by atoms with Gasteiger partial charge >= 0.3 is 0 Å². The number of aromatic nitrogens is 6. The number of hydrogen-bond donors (Lipinski definition) is 0. The molecule has 6 aromatic heterocycles. The van der Waals surface area contributed by atoms with E-state index < -0.39 is 18.6 Å². The average Bonchev–Trinajstić information content (AvgIpc) is 0.743. The molecule has 6 heteroatoms. The topological polar surface area (TPSA) is 32.3 Å². The van der Waals surface area contributed by atoms with Crippen molar-refractivity contribution in [3.8, 4) is 67.4 Å². The van der Waals surface area contributed by atoms with Gasteiger partial charge in [0.15, 0.2) is 29.9 Å². The summed E-state index contributed by atoms with van der Waals surface area (Å²) in [6.45, 7) is 35.4. The molecular weight excluding hydrogens is 1370 g/mol. The molecule has 6 heterocycles. The second-order valence-corrected chi connectivity index (χ2v) is 31.1. The van der Waals surface area contributed by atoms with E-state index in [2.05, 4.69) is 157 Å². The van der Waals surface area contributed by atoms with Crippen LogP contribution in [0.1, 0.15) is 160 Å². The van der Waals surface area contributed by atoms with Gasteiger partial charge in [-0.2, -0.15) is 9.13 Å². The van der Waals surface area contributed by atoms with Gasteiger partial charge in [-0.3, -0.25) is 4.98 Å². The molecule has 113 heavy (non-hydrogen) atoms. The Hall–Kier alpha value is -11.6. The first-order valence-corrected chi connectivity index (χ1v) is 38.8. The minimum absolute atomic E-state index is 0.0864. The van der Waals surface area contributed by atoms with Crippen LogP contribution >= 0.6 is 0 Å². The molecule has 0 N–H and O–H groups in total. The number of nitrogens with zero attached hydrogens (tertiary/aromatic N) is 6. The fraction of sp³-hybridized carbons (Fsp3) is 0.252. The summed E-state index contributed by atoms with van der Waals surface area (Å²) >= 11 is 0. The molecule has 0 spiro atoms. The Kier molecular flexibility index (Phi) is 19.0. The normalized spacial score (nSPS) is 13.8. The first kappa shape index (κ1) is 63.0. The van der Waals surface area contributed by atoms with Crippen LogP contribution in [0.2, 0.25) is 0 Å². The largest absolute Gasteiger partial charge is 0.264 e. The first-order chi connectivity index (χ1) is 59.9. The first-order valence-electron chi connectivity index (χ1n) is 46.3. The van der Waals surface area contributed by atoms with Gasteiger partial charge in [-0.05, 0) is 264 Å². The van der Waals surface area contributed by atoms with E-state index in [1.165, 1.54) is 40.3 Å². The van der Waals surface area contributed by atoms with Crippen molar-refractivity contribution in [2.24, 2.45) is 35.2 Å². The average molecular weight is 1500 g/mol. The third kappa shape index (κ3) is 17.4. The molecule has 570 valence electrons. The highest BCUT2D eigenvalue weighted by molar-refractivity contribution is 5.99. The summed E-state index contributed by atoms with van der Waals surface area (Å²) in [5.41, 5.74) is 30.9.